The molecular weight excluding hydrogens is 516 g/mol. The lowest BCUT2D eigenvalue weighted by molar-refractivity contribution is -0.137. The average molecular weight is 549 g/mol. The number of amides is 1. The van der Waals surface area contributed by atoms with E-state index in [1.54, 1.807) is 12.1 Å². The number of benzene rings is 3. The first-order chi connectivity index (χ1) is 18.5. The lowest BCUT2D eigenvalue weighted by Crippen LogP contribution is -2.32. The van der Waals surface area contributed by atoms with Crippen molar-refractivity contribution < 1.29 is 37.7 Å². The van der Waals surface area contributed by atoms with Crippen molar-refractivity contribution in [3.8, 4) is 5.75 Å². The Bertz CT molecular complexity index is 1270. The van der Waals surface area contributed by atoms with E-state index in [2.05, 4.69) is 10.6 Å². The van der Waals surface area contributed by atoms with Gasteiger partial charge in [0.15, 0.2) is 0 Å². The van der Waals surface area contributed by atoms with Crippen LogP contribution in [0.3, 0.4) is 0 Å². The maximum atomic E-state index is 13.9. The highest BCUT2D eigenvalue weighted by atomic mass is 19.4. The van der Waals surface area contributed by atoms with Crippen molar-refractivity contribution in [1.82, 2.24) is 10.6 Å². The van der Waals surface area contributed by atoms with Gasteiger partial charge in [-0.25, -0.2) is 4.39 Å². The predicted molar refractivity (Wildman–Crippen MR) is 138 cm³/mol. The molecule has 0 spiro atoms. The van der Waals surface area contributed by atoms with E-state index in [1.807, 2.05) is 31.2 Å². The molecule has 3 aromatic rings. The molecule has 3 aromatic carbocycles. The largest absolute Gasteiger partial charge is 0.508 e. The summed E-state index contributed by atoms with van der Waals surface area (Å²) >= 11 is 0. The van der Waals surface area contributed by atoms with Gasteiger partial charge in [-0.3, -0.25) is 4.79 Å². The molecule has 0 fully saturated rings. The van der Waals surface area contributed by atoms with Gasteiger partial charge >= 0.3 is 6.18 Å². The highest BCUT2D eigenvalue weighted by molar-refractivity contribution is 5.76. The van der Waals surface area contributed by atoms with E-state index in [1.165, 1.54) is 6.07 Å². The summed E-state index contributed by atoms with van der Waals surface area (Å²) in [4.78, 5) is 12.3. The maximum absolute atomic E-state index is 13.9. The Labute approximate surface area is 224 Å². The molecule has 0 bridgehead atoms. The summed E-state index contributed by atoms with van der Waals surface area (Å²) in [6.45, 7) is 1.57. The van der Waals surface area contributed by atoms with Crippen LogP contribution in [0, 0.1) is 5.82 Å². The molecule has 1 amide bonds. The minimum atomic E-state index is -4.60. The van der Waals surface area contributed by atoms with Crippen molar-refractivity contribution in [2.24, 2.45) is 0 Å². The molecule has 3 rings (SSSR count). The van der Waals surface area contributed by atoms with Crippen molar-refractivity contribution in [2.45, 2.75) is 57.7 Å². The molecule has 0 heterocycles. The highest BCUT2D eigenvalue weighted by Gasteiger charge is 2.31. The number of hydrogen-bond donors (Lipinski definition) is 5. The zero-order valence-electron chi connectivity index (χ0n) is 21.4. The van der Waals surface area contributed by atoms with Crippen LogP contribution in [-0.2, 0) is 37.0 Å². The third-order valence-corrected chi connectivity index (χ3v) is 6.34. The number of rotatable bonds is 12. The third-order valence-electron chi connectivity index (χ3n) is 6.34. The number of hydrogen-bond acceptors (Lipinski definition) is 5. The summed E-state index contributed by atoms with van der Waals surface area (Å²) in [5.41, 5.74) is 1.63. The third kappa shape index (κ3) is 9.05. The van der Waals surface area contributed by atoms with Gasteiger partial charge in [0.25, 0.3) is 0 Å². The van der Waals surface area contributed by atoms with Crippen LogP contribution in [0.2, 0.25) is 0 Å². The number of nitrogens with one attached hydrogen (secondary N) is 2. The second-order valence-electron chi connectivity index (χ2n) is 9.48. The van der Waals surface area contributed by atoms with Crippen molar-refractivity contribution in [2.75, 3.05) is 6.54 Å². The molecule has 0 saturated heterocycles. The van der Waals surface area contributed by atoms with Crippen LogP contribution < -0.4 is 10.6 Å². The molecule has 39 heavy (non-hydrogen) atoms. The standard InChI is InChI=1S/C29H32F4N2O4/c1-18(34-16-27(38)21-6-9-26(37)23(13-21)17-36)11-20-4-2-3-19(12-20)5-10-28(39)35-15-22-14-24(29(31,32)33)7-8-25(22)30/h2-4,6-9,12-14,18,27,34,36-38H,5,10-11,15-17H2,1H3,(H,35,39)/t18-,27+/m1/s1. The molecule has 0 unspecified atom stereocenters. The molecule has 0 radical (unpaired) electrons. The Morgan fingerprint density at radius 1 is 1.00 bits per heavy atom. The van der Waals surface area contributed by atoms with Gasteiger partial charge in [0.05, 0.1) is 18.3 Å². The Morgan fingerprint density at radius 2 is 1.74 bits per heavy atom. The van der Waals surface area contributed by atoms with Crippen molar-refractivity contribution in [3.05, 3.63) is 99.9 Å². The number of halogens is 4. The number of aryl methyl sites for hydroxylation is 1. The summed E-state index contributed by atoms with van der Waals surface area (Å²) in [7, 11) is 0. The minimum absolute atomic E-state index is 0.00924. The first-order valence-electron chi connectivity index (χ1n) is 12.5. The van der Waals surface area contributed by atoms with Gasteiger partial charge < -0.3 is 26.0 Å². The minimum Gasteiger partial charge on any atom is -0.508 e. The van der Waals surface area contributed by atoms with Crippen LogP contribution in [0.15, 0.2) is 60.7 Å². The predicted octanol–water partition coefficient (Wildman–Crippen LogP) is 4.55. The van der Waals surface area contributed by atoms with E-state index < -0.39 is 29.6 Å². The van der Waals surface area contributed by atoms with Gasteiger partial charge in [0, 0.05) is 36.7 Å². The average Bonchev–Trinajstić information content (AvgIpc) is 2.90. The fourth-order valence-corrected chi connectivity index (χ4v) is 4.13. The van der Waals surface area contributed by atoms with Crippen molar-refractivity contribution in [3.63, 3.8) is 0 Å². The van der Waals surface area contributed by atoms with Crippen LogP contribution in [0.5, 0.6) is 5.75 Å². The molecule has 2 atom stereocenters. The second kappa shape index (κ2) is 13.5. The van der Waals surface area contributed by atoms with Gasteiger partial charge in [0.1, 0.15) is 11.6 Å². The van der Waals surface area contributed by atoms with Crippen molar-refractivity contribution >= 4 is 5.91 Å². The fraction of sp³-hybridized carbons (Fsp3) is 0.345. The zero-order chi connectivity index (χ0) is 28.6. The molecule has 210 valence electrons. The van der Waals surface area contributed by atoms with Gasteiger partial charge in [-0.2, -0.15) is 13.2 Å². The second-order valence-corrected chi connectivity index (χ2v) is 9.48. The molecule has 6 nitrogen and oxygen atoms in total. The molecule has 0 aliphatic carbocycles. The monoisotopic (exact) mass is 548 g/mol. The summed E-state index contributed by atoms with van der Waals surface area (Å²) in [5.74, 6) is -1.25. The van der Waals surface area contributed by atoms with Crippen LogP contribution in [0.25, 0.3) is 0 Å². The van der Waals surface area contributed by atoms with Crippen LogP contribution in [0.4, 0.5) is 17.6 Å². The Hall–Kier alpha value is -3.47. The van der Waals surface area contributed by atoms with Gasteiger partial charge in [0.2, 0.25) is 5.91 Å². The van der Waals surface area contributed by atoms with E-state index in [0.717, 1.165) is 17.2 Å². The summed E-state index contributed by atoms with van der Waals surface area (Å²) in [6, 6.07) is 14.3. The number of alkyl halides is 3. The lowest BCUT2D eigenvalue weighted by Gasteiger charge is -2.18. The summed E-state index contributed by atoms with van der Waals surface area (Å²) in [6.07, 6.45) is -4.28. The zero-order valence-corrected chi connectivity index (χ0v) is 21.4. The molecule has 0 aliphatic rings. The number of phenols is 1. The molecular formula is C29H32F4N2O4. The van der Waals surface area contributed by atoms with Gasteiger partial charge in [-0.05, 0) is 66.8 Å². The first kappa shape index (κ1) is 30.1. The van der Waals surface area contributed by atoms with Crippen LogP contribution in [0.1, 0.15) is 52.8 Å². The first-order valence-corrected chi connectivity index (χ1v) is 12.5. The number of aliphatic hydroxyl groups is 2. The van der Waals surface area contributed by atoms with Crippen molar-refractivity contribution in [1.29, 1.82) is 0 Å². The Balaban J connectivity index is 1.46. The molecule has 0 aromatic heterocycles. The van der Waals surface area contributed by atoms with E-state index in [-0.39, 0.29) is 43.5 Å². The molecule has 0 aliphatic heterocycles. The SMILES string of the molecule is C[C@H](Cc1cccc(CCC(=O)NCc2cc(C(F)(F)F)ccc2F)c1)NC[C@H](O)c1ccc(O)c(CO)c1. The topological polar surface area (TPSA) is 102 Å². The van der Waals surface area contributed by atoms with Gasteiger partial charge in [-0.1, -0.05) is 30.3 Å². The summed E-state index contributed by atoms with van der Waals surface area (Å²) < 4.78 is 52.5. The van der Waals surface area contributed by atoms with Gasteiger partial charge in [-0.15, -0.1) is 0 Å². The highest BCUT2D eigenvalue weighted by Crippen LogP contribution is 2.30. The number of aliphatic hydroxyl groups excluding tert-OH is 2. The van der Waals surface area contributed by atoms with E-state index in [9.17, 15) is 37.7 Å². The quantitative estimate of drug-likeness (QED) is 0.214. The fourth-order valence-electron chi connectivity index (χ4n) is 4.13. The van der Waals surface area contributed by atoms with E-state index in [0.29, 0.717) is 36.1 Å². The molecule has 10 heteroatoms. The van der Waals surface area contributed by atoms with Crippen LogP contribution >= 0.6 is 0 Å². The lowest BCUT2D eigenvalue weighted by atomic mass is 10.0. The Morgan fingerprint density at radius 3 is 2.46 bits per heavy atom. The molecule has 5 N–H and O–H groups in total. The molecule has 0 saturated carbocycles. The normalized spacial score (nSPS) is 13.2. The number of carbonyl (C=O) groups excluding carboxylic acids is 1. The summed E-state index contributed by atoms with van der Waals surface area (Å²) in [5, 5.41) is 35.2. The smallest absolute Gasteiger partial charge is 0.416 e. The van der Waals surface area contributed by atoms with E-state index >= 15 is 0 Å². The number of carbonyl (C=O) groups is 1. The number of aromatic hydroxyl groups is 1. The van der Waals surface area contributed by atoms with E-state index in [4.69, 9.17) is 0 Å². The van der Waals surface area contributed by atoms with Crippen LogP contribution in [-0.4, -0.2) is 33.8 Å². The maximum Gasteiger partial charge on any atom is 0.416 e. The Kier molecular flexibility index (Phi) is 10.4.